The van der Waals surface area contributed by atoms with Crippen molar-refractivity contribution in [2.24, 2.45) is 5.41 Å². The van der Waals surface area contributed by atoms with E-state index in [1.807, 2.05) is 24.5 Å². The van der Waals surface area contributed by atoms with Crippen molar-refractivity contribution in [2.45, 2.75) is 44.8 Å². The predicted octanol–water partition coefficient (Wildman–Crippen LogP) is 3.55. The van der Waals surface area contributed by atoms with Crippen LogP contribution >= 0.6 is 0 Å². The van der Waals surface area contributed by atoms with Gasteiger partial charge in [0.2, 0.25) is 0 Å². The van der Waals surface area contributed by atoms with Gasteiger partial charge in [-0.1, -0.05) is 6.07 Å². The molecule has 0 amide bonds. The van der Waals surface area contributed by atoms with Crippen LogP contribution in [0.3, 0.4) is 0 Å². The van der Waals surface area contributed by atoms with Gasteiger partial charge in [-0.3, -0.25) is 14.8 Å². The third-order valence-corrected chi connectivity index (χ3v) is 6.12. The van der Waals surface area contributed by atoms with Crippen molar-refractivity contribution in [2.75, 3.05) is 20.1 Å². The number of rotatable bonds is 5. The van der Waals surface area contributed by atoms with Crippen molar-refractivity contribution in [3.8, 4) is 0 Å². The van der Waals surface area contributed by atoms with Gasteiger partial charge in [0.1, 0.15) is 5.76 Å². The van der Waals surface area contributed by atoms with Gasteiger partial charge in [0, 0.05) is 25.0 Å². The number of aromatic nitrogens is 1. The molecule has 0 aromatic carbocycles. The van der Waals surface area contributed by atoms with Crippen LogP contribution in [0.4, 0.5) is 0 Å². The Bertz CT molecular complexity index is 632. The van der Waals surface area contributed by atoms with E-state index in [0.717, 1.165) is 18.8 Å². The molecule has 0 radical (unpaired) electrons. The summed E-state index contributed by atoms with van der Waals surface area (Å²) in [6, 6.07) is 8.99. The van der Waals surface area contributed by atoms with E-state index in [2.05, 4.69) is 34.0 Å². The zero-order chi connectivity index (χ0) is 16.4. The van der Waals surface area contributed by atoms with Gasteiger partial charge in [-0.05, 0) is 75.0 Å². The van der Waals surface area contributed by atoms with Crippen LogP contribution in [0, 0.1) is 5.41 Å². The maximum Gasteiger partial charge on any atom is 0.117 e. The topological polar surface area (TPSA) is 32.5 Å². The first-order chi connectivity index (χ1) is 11.8. The van der Waals surface area contributed by atoms with Crippen molar-refractivity contribution in [1.82, 2.24) is 14.8 Å². The second-order valence-corrected chi connectivity index (χ2v) is 7.55. The van der Waals surface area contributed by atoms with Gasteiger partial charge in [0.25, 0.3) is 0 Å². The van der Waals surface area contributed by atoms with Gasteiger partial charge in [-0.2, -0.15) is 0 Å². The second kappa shape index (κ2) is 6.69. The number of furan rings is 1. The lowest BCUT2D eigenvalue weighted by Gasteiger charge is -2.57. The molecular weight excluding hydrogens is 298 g/mol. The summed E-state index contributed by atoms with van der Waals surface area (Å²) in [7, 11) is 2.26. The first-order valence-corrected chi connectivity index (χ1v) is 9.09. The minimum absolute atomic E-state index is 0.535. The van der Waals surface area contributed by atoms with E-state index in [0.29, 0.717) is 11.5 Å². The average Bonchev–Trinajstić information content (AvgIpc) is 3.08. The Morgan fingerprint density at radius 2 is 2.12 bits per heavy atom. The predicted molar refractivity (Wildman–Crippen MR) is 94.4 cm³/mol. The van der Waals surface area contributed by atoms with Crippen molar-refractivity contribution < 1.29 is 4.42 Å². The molecule has 0 N–H and O–H groups in total. The number of nitrogens with zero attached hydrogens (tertiary/aromatic N) is 3. The summed E-state index contributed by atoms with van der Waals surface area (Å²) in [6.45, 7) is 4.38. The van der Waals surface area contributed by atoms with E-state index < -0.39 is 0 Å². The van der Waals surface area contributed by atoms with Crippen molar-refractivity contribution >= 4 is 0 Å². The van der Waals surface area contributed by atoms with Crippen LogP contribution in [0.25, 0.3) is 0 Å². The van der Waals surface area contributed by atoms with E-state index in [4.69, 9.17) is 4.42 Å². The van der Waals surface area contributed by atoms with Gasteiger partial charge in [0.05, 0.1) is 12.8 Å². The maximum atomic E-state index is 5.53. The normalized spacial score (nSPS) is 23.5. The Morgan fingerprint density at radius 1 is 1.25 bits per heavy atom. The Morgan fingerprint density at radius 3 is 2.75 bits per heavy atom. The molecule has 2 aliphatic rings. The summed E-state index contributed by atoms with van der Waals surface area (Å²) in [5, 5.41) is 0. The van der Waals surface area contributed by atoms with E-state index in [1.54, 1.807) is 6.26 Å². The van der Waals surface area contributed by atoms with Gasteiger partial charge in [-0.15, -0.1) is 0 Å². The van der Waals surface area contributed by atoms with Gasteiger partial charge < -0.3 is 4.42 Å². The highest BCUT2D eigenvalue weighted by Crippen LogP contribution is 2.51. The molecule has 1 spiro atoms. The van der Waals surface area contributed by atoms with E-state index in [-0.39, 0.29) is 0 Å². The monoisotopic (exact) mass is 325 g/mol. The smallest absolute Gasteiger partial charge is 0.117 e. The van der Waals surface area contributed by atoms with Crippen LogP contribution in [-0.4, -0.2) is 41.0 Å². The molecule has 128 valence electrons. The molecule has 1 aliphatic heterocycles. The van der Waals surface area contributed by atoms with Crippen molar-refractivity contribution in [3.05, 3.63) is 54.2 Å². The largest absolute Gasteiger partial charge is 0.468 e. The van der Waals surface area contributed by atoms with Crippen LogP contribution in [-0.2, 0) is 13.1 Å². The number of hydrogen-bond acceptors (Lipinski definition) is 4. The molecule has 24 heavy (non-hydrogen) atoms. The number of pyridine rings is 1. The first kappa shape index (κ1) is 15.9. The summed E-state index contributed by atoms with van der Waals surface area (Å²) < 4.78 is 5.53. The SMILES string of the molecule is CN(Cc1ccco1)C1CCC12CCN(Cc1cccnc1)CC2. The number of likely N-dealkylation sites (tertiary alicyclic amines) is 1. The molecular formula is C20H27N3O. The van der Waals surface area contributed by atoms with Crippen LogP contribution in [0.5, 0.6) is 0 Å². The molecule has 1 unspecified atom stereocenters. The highest BCUT2D eigenvalue weighted by molar-refractivity contribution is 5.10. The lowest BCUT2D eigenvalue weighted by Crippen LogP contribution is -2.57. The fraction of sp³-hybridized carbons (Fsp3) is 0.550. The molecule has 0 bridgehead atoms. The minimum Gasteiger partial charge on any atom is -0.468 e. The molecule has 1 atom stereocenters. The molecule has 4 heteroatoms. The summed E-state index contributed by atoms with van der Waals surface area (Å²) in [5.41, 5.74) is 1.86. The lowest BCUT2D eigenvalue weighted by atomic mass is 9.58. The minimum atomic E-state index is 0.535. The molecule has 2 aromatic rings. The highest BCUT2D eigenvalue weighted by atomic mass is 16.3. The molecule has 3 heterocycles. The van der Waals surface area contributed by atoms with E-state index in [1.165, 1.54) is 44.3 Å². The molecule has 2 aromatic heterocycles. The fourth-order valence-corrected chi connectivity index (χ4v) is 4.62. The molecule has 1 aliphatic carbocycles. The summed E-state index contributed by atoms with van der Waals surface area (Å²) in [5.74, 6) is 1.08. The van der Waals surface area contributed by atoms with Crippen molar-refractivity contribution in [3.63, 3.8) is 0 Å². The molecule has 4 nitrogen and oxygen atoms in total. The van der Waals surface area contributed by atoms with Crippen LogP contribution in [0.15, 0.2) is 47.3 Å². The van der Waals surface area contributed by atoms with Gasteiger partial charge in [-0.25, -0.2) is 0 Å². The van der Waals surface area contributed by atoms with Crippen LogP contribution in [0.1, 0.15) is 37.0 Å². The molecule has 1 saturated heterocycles. The Balaban J connectivity index is 1.32. The Kier molecular flexibility index (Phi) is 4.42. The van der Waals surface area contributed by atoms with E-state index in [9.17, 15) is 0 Å². The molecule has 2 fully saturated rings. The standard InChI is InChI=1S/C20H27N3O/c1-22(16-18-5-3-13-24-18)19-6-7-20(19)8-11-23(12-9-20)15-17-4-2-10-21-14-17/h2-5,10,13-14,19H,6-9,11-12,15-16H2,1H3. The van der Waals surface area contributed by atoms with Crippen LogP contribution in [0.2, 0.25) is 0 Å². The third-order valence-electron chi connectivity index (χ3n) is 6.12. The lowest BCUT2D eigenvalue weighted by molar-refractivity contribution is -0.0648. The quantitative estimate of drug-likeness (QED) is 0.841. The summed E-state index contributed by atoms with van der Waals surface area (Å²) >= 11 is 0. The average molecular weight is 325 g/mol. The second-order valence-electron chi connectivity index (χ2n) is 7.55. The third kappa shape index (κ3) is 3.13. The first-order valence-electron chi connectivity index (χ1n) is 9.09. The number of piperidine rings is 1. The molecule has 1 saturated carbocycles. The summed E-state index contributed by atoms with van der Waals surface area (Å²) in [6.07, 6.45) is 11.0. The zero-order valence-electron chi connectivity index (χ0n) is 14.5. The van der Waals surface area contributed by atoms with Gasteiger partial charge >= 0.3 is 0 Å². The Hall–Kier alpha value is -1.65. The fourth-order valence-electron chi connectivity index (χ4n) is 4.62. The van der Waals surface area contributed by atoms with Gasteiger partial charge in [0.15, 0.2) is 0 Å². The van der Waals surface area contributed by atoms with Crippen molar-refractivity contribution in [1.29, 1.82) is 0 Å². The number of hydrogen-bond donors (Lipinski definition) is 0. The van der Waals surface area contributed by atoms with Crippen LogP contribution < -0.4 is 0 Å². The Labute approximate surface area is 144 Å². The summed E-state index contributed by atoms with van der Waals surface area (Å²) in [4.78, 5) is 9.34. The maximum absolute atomic E-state index is 5.53. The zero-order valence-corrected chi connectivity index (χ0v) is 14.5. The highest BCUT2D eigenvalue weighted by Gasteiger charge is 2.49. The van der Waals surface area contributed by atoms with E-state index >= 15 is 0 Å². The molecule has 4 rings (SSSR count).